The number of hydrogen-bond acceptors (Lipinski definition) is 1. The van der Waals surface area contributed by atoms with E-state index in [9.17, 15) is 9.18 Å². The van der Waals surface area contributed by atoms with Gasteiger partial charge in [0, 0.05) is 5.02 Å². The van der Waals surface area contributed by atoms with E-state index >= 15 is 0 Å². The maximum absolute atomic E-state index is 13.7. The van der Waals surface area contributed by atoms with E-state index in [0.717, 1.165) is 11.1 Å². The van der Waals surface area contributed by atoms with Crippen LogP contribution in [0.2, 0.25) is 5.02 Å². The molecule has 104 valence electrons. The lowest BCUT2D eigenvalue weighted by atomic mass is 10.1. The molecule has 1 atom stereocenters. The molecule has 0 aliphatic carbocycles. The van der Waals surface area contributed by atoms with E-state index in [2.05, 4.69) is 5.32 Å². The predicted octanol–water partition coefficient (Wildman–Crippen LogP) is 4.28. The van der Waals surface area contributed by atoms with Crippen molar-refractivity contribution in [2.24, 2.45) is 0 Å². The summed E-state index contributed by atoms with van der Waals surface area (Å²) in [5.41, 5.74) is 1.68. The topological polar surface area (TPSA) is 29.1 Å². The summed E-state index contributed by atoms with van der Waals surface area (Å²) >= 11 is 6.08. The molecule has 1 N–H and O–H groups in total. The molecule has 2 aromatic rings. The molecule has 1 unspecified atom stereocenters. The number of carbonyl (C=O) groups is 1. The van der Waals surface area contributed by atoms with E-state index in [1.807, 2.05) is 32.0 Å². The first-order valence-corrected chi connectivity index (χ1v) is 6.68. The Morgan fingerprint density at radius 1 is 1.25 bits per heavy atom. The summed E-state index contributed by atoms with van der Waals surface area (Å²) in [4.78, 5) is 12.1. The third-order valence-corrected chi connectivity index (χ3v) is 3.43. The van der Waals surface area contributed by atoms with Crippen molar-refractivity contribution in [3.05, 3.63) is 70.0 Å². The summed E-state index contributed by atoms with van der Waals surface area (Å²) in [6.07, 6.45) is 0. The molecule has 2 rings (SSSR count). The second-order valence-corrected chi connectivity index (χ2v) is 5.11. The van der Waals surface area contributed by atoms with Crippen molar-refractivity contribution in [1.82, 2.24) is 5.32 Å². The Hall–Kier alpha value is -1.87. The van der Waals surface area contributed by atoms with Crippen molar-refractivity contribution in [1.29, 1.82) is 0 Å². The molecule has 0 spiro atoms. The molecule has 0 fully saturated rings. The van der Waals surface area contributed by atoms with Gasteiger partial charge in [-0.15, -0.1) is 0 Å². The van der Waals surface area contributed by atoms with Crippen LogP contribution in [0.4, 0.5) is 4.39 Å². The van der Waals surface area contributed by atoms with Gasteiger partial charge >= 0.3 is 0 Å². The number of hydrogen-bond donors (Lipinski definition) is 1. The number of rotatable bonds is 3. The molecule has 0 aliphatic heterocycles. The minimum Gasteiger partial charge on any atom is -0.345 e. The summed E-state index contributed by atoms with van der Waals surface area (Å²) in [5.74, 6) is -0.974. The van der Waals surface area contributed by atoms with Crippen molar-refractivity contribution < 1.29 is 9.18 Å². The molecule has 20 heavy (non-hydrogen) atoms. The molecule has 0 bridgehead atoms. The van der Waals surface area contributed by atoms with Gasteiger partial charge in [0.15, 0.2) is 0 Å². The monoisotopic (exact) mass is 291 g/mol. The normalized spacial score (nSPS) is 12.0. The largest absolute Gasteiger partial charge is 0.345 e. The van der Waals surface area contributed by atoms with Gasteiger partial charge in [-0.2, -0.15) is 0 Å². The van der Waals surface area contributed by atoms with E-state index in [-0.39, 0.29) is 11.6 Å². The molecule has 0 heterocycles. The minimum absolute atomic E-state index is 0.0453. The quantitative estimate of drug-likeness (QED) is 0.898. The highest BCUT2D eigenvalue weighted by atomic mass is 35.5. The first-order valence-electron chi connectivity index (χ1n) is 6.30. The van der Waals surface area contributed by atoms with Gasteiger partial charge in [0.05, 0.1) is 11.6 Å². The molecule has 2 nitrogen and oxygen atoms in total. The molecule has 0 radical (unpaired) electrons. The molecule has 0 saturated heterocycles. The number of aryl methyl sites for hydroxylation is 1. The highest BCUT2D eigenvalue weighted by Crippen LogP contribution is 2.22. The van der Waals surface area contributed by atoms with Crippen LogP contribution in [0.25, 0.3) is 0 Å². The highest BCUT2D eigenvalue weighted by molar-refractivity contribution is 6.31. The van der Waals surface area contributed by atoms with Crippen LogP contribution >= 0.6 is 11.6 Å². The second kappa shape index (κ2) is 6.06. The number of halogens is 2. The highest BCUT2D eigenvalue weighted by Gasteiger charge is 2.16. The van der Waals surface area contributed by atoms with Crippen LogP contribution in [0, 0.1) is 12.7 Å². The van der Waals surface area contributed by atoms with E-state index in [4.69, 9.17) is 11.6 Å². The van der Waals surface area contributed by atoms with Gasteiger partial charge in [0.2, 0.25) is 0 Å². The fraction of sp³-hybridized carbons (Fsp3) is 0.188. The number of benzene rings is 2. The first-order chi connectivity index (χ1) is 9.49. The summed E-state index contributed by atoms with van der Waals surface area (Å²) in [6, 6.07) is 11.4. The molecule has 0 aliphatic rings. The average Bonchev–Trinajstić information content (AvgIpc) is 2.41. The molecule has 2 aromatic carbocycles. The Balaban J connectivity index is 2.20. The number of carbonyl (C=O) groups excluding carboxylic acids is 1. The van der Waals surface area contributed by atoms with Crippen LogP contribution in [-0.2, 0) is 0 Å². The van der Waals surface area contributed by atoms with Gasteiger partial charge in [-0.05, 0) is 37.6 Å². The van der Waals surface area contributed by atoms with Crippen molar-refractivity contribution in [2.75, 3.05) is 0 Å². The second-order valence-electron chi connectivity index (χ2n) is 4.70. The standard InChI is InChI=1S/C16H15ClFNO/c1-10-7-8-15(18)13(9-10)16(20)19-11(2)12-5-3-4-6-14(12)17/h3-9,11H,1-2H3,(H,19,20). The Bertz CT molecular complexity index is 642. The van der Waals surface area contributed by atoms with E-state index in [1.54, 1.807) is 12.1 Å². The molecular weight excluding hydrogens is 277 g/mol. The van der Waals surface area contributed by atoms with Gasteiger partial charge in [0.25, 0.3) is 5.91 Å². The average molecular weight is 292 g/mol. The van der Waals surface area contributed by atoms with Crippen molar-refractivity contribution in [3.63, 3.8) is 0 Å². The van der Waals surface area contributed by atoms with E-state index in [1.165, 1.54) is 12.1 Å². The van der Waals surface area contributed by atoms with Crippen molar-refractivity contribution >= 4 is 17.5 Å². The van der Waals surface area contributed by atoms with Crippen LogP contribution < -0.4 is 5.32 Å². The summed E-state index contributed by atoms with van der Waals surface area (Å²) in [6.45, 7) is 3.63. The Morgan fingerprint density at radius 3 is 2.65 bits per heavy atom. The van der Waals surface area contributed by atoms with Crippen molar-refractivity contribution in [3.8, 4) is 0 Å². The Morgan fingerprint density at radius 2 is 1.95 bits per heavy atom. The molecule has 0 saturated carbocycles. The van der Waals surface area contributed by atoms with Gasteiger partial charge in [0.1, 0.15) is 5.82 Å². The SMILES string of the molecule is Cc1ccc(F)c(C(=O)NC(C)c2ccccc2Cl)c1. The lowest BCUT2D eigenvalue weighted by molar-refractivity contribution is 0.0936. The van der Waals surface area contributed by atoms with Crippen LogP contribution in [-0.4, -0.2) is 5.91 Å². The minimum atomic E-state index is -0.528. The van der Waals surface area contributed by atoms with Gasteiger partial charge < -0.3 is 5.32 Å². The fourth-order valence-corrected chi connectivity index (χ4v) is 2.29. The zero-order valence-electron chi connectivity index (χ0n) is 11.3. The van der Waals surface area contributed by atoms with Crippen molar-refractivity contribution in [2.45, 2.75) is 19.9 Å². The molecule has 4 heteroatoms. The zero-order chi connectivity index (χ0) is 14.7. The lowest BCUT2D eigenvalue weighted by Crippen LogP contribution is -2.27. The van der Waals surface area contributed by atoms with Crippen LogP contribution in [0.5, 0.6) is 0 Å². The summed E-state index contributed by atoms with van der Waals surface area (Å²) in [5, 5.41) is 3.33. The van der Waals surface area contributed by atoms with E-state index in [0.29, 0.717) is 5.02 Å². The summed E-state index contributed by atoms with van der Waals surface area (Å²) in [7, 11) is 0. The number of nitrogens with one attached hydrogen (secondary N) is 1. The van der Waals surface area contributed by atoms with Gasteiger partial charge in [-0.3, -0.25) is 4.79 Å². The Labute approximate surface area is 122 Å². The lowest BCUT2D eigenvalue weighted by Gasteiger charge is -2.16. The van der Waals surface area contributed by atoms with Gasteiger partial charge in [-0.1, -0.05) is 41.4 Å². The van der Waals surface area contributed by atoms with Gasteiger partial charge in [-0.25, -0.2) is 4.39 Å². The summed E-state index contributed by atoms with van der Waals surface area (Å²) < 4.78 is 13.7. The van der Waals surface area contributed by atoms with Crippen LogP contribution in [0.1, 0.15) is 34.5 Å². The maximum Gasteiger partial charge on any atom is 0.254 e. The Kier molecular flexibility index (Phi) is 4.40. The third kappa shape index (κ3) is 3.17. The van der Waals surface area contributed by atoms with E-state index < -0.39 is 11.7 Å². The van der Waals surface area contributed by atoms with Crippen LogP contribution in [0.15, 0.2) is 42.5 Å². The fourth-order valence-electron chi connectivity index (χ4n) is 1.99. The maximum atomic E-state index is 13.7. The first kappa shape index (κ1) is 14.5. The number of amides is 1. The molecule has 0 aromatic heterocycles. The van der Waals surface area contributed by atoms with Crippen LogP contribution in [0.3, 0.4) is 0 Å². The third-order valence-electron chi connectivity index (χ3n) is 3.09. The molecule has 1 amide bonds. The molecular formula is C16H15ClFNO. The zero-order valence-corrected chi connectivity index (χ0v) is 12.0. The predicted molar refractivity (Wildman–Crippen MR) is 78.5 cm³/mol. The smallest absolute Gasteiger partial charge is 0.254 e.